The molecule has 3 atom stereocenters. The molecule has 162 valence electrons. The first kappa shape index (κ1) is 19.5. The van der Waals surface area contributed by atoms with Gasteiger partial charge in [-0.15, -0.1) is 0 Å². The number of piperidine rings is 2. The van der Waals surface area contributed by atoms with E-state index in [1.807, 2.05) is 11.0 Å². The number of hydrogen-bond donors (Lipinski definition) is 1. The predicted molar refractivity (Wildman–Crippen MR) is 108 cm³/mol. The van der Waals surface area contributed by atoms with E-state index in [0.29, 0.717) is 12.8 Å². The fourth-order valence-corrected chi connectivity index (χ4v) is 5.85. The molecule has 1 saturated carbocycles. The average molecular weight is 415 g/mol. The minimum Gasteiger partial charge on any atom is -0.481 e. The van der Waals surface area contributed by atoms with Crippen molar-refractivity contribution in [2.24, 2.45) is 5.92 Å². The summed E-state index contributed by atoms with van der Waals surface area (Å²) in [6.45, 7) is 3.34. The van der Waals surface area contributed by atoms with Crippen molar-refractivity contribution in [2.45, 2.75) is 62.8 Å². The molecule has 3 unspecified atom stereocenters. The summed E-state index contributed by atoms with van der Waals surface area (Å²) in [6.07, 6.45) is 8.45. The van der Waals surface area contributed by atoms with Crippen LogP contribution in [0.4, 0.5) is 10.5 Å². The van der Waals surface area contributed by atoms with Crippen LogP contribution in [0, 0.1) is 5.92 Å². The maximum absolute atomic E-state index is 12.8. The normalized spacial score (nSPS) is 31.1. The molecular weight excluding hydrogens is 386 g/mol. The average Bonchev–Trinajstić information content (AvgIpc) is 3.32. The van der Waals surface area contributed by atoms with Crippen molar-refractivity contribution in [3.05, 3.63) is 18.5 Å². The summed E-state index contributed by atoms with van der Waals surface area (Å²) in [7, 11) is 0. The molecule has 9 nitrogen and oxygen atoms in total. The third-order valence-electron chi connectivity index (χ3n) is 7.46. The van der Waals surface area contributed by atoms with Gasteiger partial charge in [-0.1, -0.05) is 0 Å². The van der Waals surface area contributed by atoms with Crippen LogP contribution in [-0.2, 0) is 9.53 Å². The summed E-state index contributed by atoms with van der Waals surface area (Å²) in [5, 5.41) is 17.0. The van der Waals surface area contributed by atoms with Crippen LogP contribution < -0.4 is 4.90 Å². The number of aromatic nitrogens is 2. The number of hydrogen-bond acceptors (Lipinski definition) is 7. The van der Waals surface area contributed by atoms with Crippen LogP contribution in [0.2, 0.25) is 0 Å². The summed E-state index contributed by atoms with van der Waals surface area (Å²) in [5.74, 6) is -0.923. The van der Waals surface area contributed by atoms with E-state index in [4.69, 9.17) is 4.74 Å². The molecule has 1 amide bonds. The number of aliphatic carboxylic acids is 1. The first-order valence-electron chi connectivity index (χ1n) is 11.1. The third kappa shape index (κ3) is 3.49. The van der Waals surface area contributed by atoms with Gasteiger partial charge in [0.05, 0.1) is 30.0 Å². The number of rotatable bonds is 4. The fraction of sp³-hybridized carbons (Fsp3) is 0.714. The fourth-order valence-electron chi connectivity index (χ4n) is 5.85. The van der Waals surface area contributed by atoms with Crippen LogP contribution in [0.15, 0.2) is 18.5 Å². The number of anilines is 1. The van der Waals surface area contributed by atoms with Crippen molar-refractivity contribution >= 4 is 17.7 Å². The van der Waals surface area contributed by atoms with Gasteiger partial charge < -0.3 is 14.7 Å². The minimum atomic E-state index is -0.689. The molecule has 0 spiro atoms. The molecule has 3 saturated heterocycles. The van der Waals surface area contributed by atoms with Gasteiger partial charge in [-0.05, 0) is 57.7 Å². The Morgan fingerprint density at radius 3 is 2.40 bits per heavy atom. The van der Waals surface area contributed by atoms with Crippen LogP contribution in [0.3, 0.4) is 0 Å². The highest BCUT2D eigenvalue weighted by Crippen LogP contribution is 2.40. The second-order valence-corrected chi connectivity index (χ2v) is 8.94. The number of fused-ring (bicyclic) bond motifs is 1. The molecule has 1 aliphatic carbocycles. The number of carbonyl (C=O) groups is 2. The Balaban J connectivity index is 1.20. The van der Waals surface area contributed by atoms with E-state index in [1.165, 1.54) is 0 Å². The van der Waals surface area contributed by atoms with Crippen LogP contribution in [0.25, 0.3) is 0 Å². The Bertz CT molecular complexity index is 777. The van der Waals surface area contributed by atoms with E-state index >= 15 is 0 Å². The number of nitrogens with zero attached hydrogens (tertiary/aromatic N) is 5. The van der Waals surface area contributed by atoms with Gasteiger partial charge in [0.2, 0.25) is 0 Å². The standard InChI is InChI=1S/C21H29N5O4/c27-20(28)14-4-9-25(10-5-14)17-1-2-18-19(17)30-21(29)26(18)15-6-11-24(12-7-15)16-3-8-22-23-13-16/h3,8,13-15,17-19H,1-2,4-7,9-12H2,(H,27,28). The van der Waals surface area contributed by atoms with Crippen LogP contribution in [0.1, 0.15) is 38.5 Å². The first-order chi connectivity index (χ1) is 14.6. The molecule has 9 heteroatoms. The molecule has 0 aromatic carbocycles. The number of carboxylic acids is 1. The van der Waals surface area contributed by atoms with E-state index in [2.05, 4.69) is 20.0 Å². The number of amides is 1. The second-order valence-electron chi connectivity index (χ2n) is 8.94. The lowest BCUT2D eigenvalue weighted by atomic mass is 9.95. The van der Waals surface area contributed by atoms with Gasteiger partial charge in [0.15, 0.2) is 0 Å². The molecule has 4 fully saturated rings. The lowest BCUT2D eigenvalue weighted by Crippen LogP contribution is -2.50. The second kappa shape index (κ2) is 8.02. The molecule has 1 aromatic rings. The number of carboxylic acid groups (broad SMARTS) is 1. The molecule has 4 heterocycles. The monoisotopic (exact) mass is 415 g/mol. The first-order valence-corrected chi connectivity index (χ1v) is 11.1. The number of ether oxygens (including phenoxy) is 1. The zero-order valence-corrected chi connectivity index (χ0v) is 17.1. The molecule has 3 aliphatic heterocycles. The van der Waals surface area contributed by atoms with Gasteiger partial charge >= 0.3 is 12.1 Å². The third-order valence-corrected chi connectivity index (χ3v) is 7.46. The van der Waals surface area contributed by atoms with Crippen LogP contribution in [-0.4, -0.2) is 87.6 Å². The smallest absolute Gasteiger partial charge is 0.410 e. The maximum atomic E-state index is 12.8. The molecule has 1 aromatic heterocycles. The van der Waals surface area contributed by atoms with Crippen molar-refractivity contribution in [1.82, 2.24) is 20.0 Å². The highest BCUT2D eigenvalue weighted by Gasteiger charge is 2.53. The van der Waals surface area contributed by atoms with Gasteiger partial charge in [0, 0.05) is 25.2 Å². The van der Waals surface area contributed by atoms with Crippen molar-refractivity contribution in [1.29, 1.82) is 0 Å². The highest BCUT2D eigenvalue weighted by molar-refractivity contribution is 5.72. The summed E-state index contributed by atoms with van der Waals surface area (Å²) < 4.78 is 5.90. The number of likely N-dealkylation sites (tertiary alicyclic amines) is 1. The van der Waals surface area contributed by atoms with E-state index in [-0.39, 0.29) is 36.2 Å². The van der Waals surface area contributed by atoms with Gasteiger partial charge in [0.25, 0.3) is 0 Å². The zero-order chi connectivity index (χ0) is 20.7. The molecular formula is C21H29N5O4. The summed E-state index contributed by atoms with van der Waals surface area (Å²) in [5.41, 5.74) is 1.08. The largest absolute Gasteiger partial charge is 0.481 e. The van der Waals surface area contributed by atoms with Crippen molar-refractivity contribution in [3.8, 4) is 0 Å². The topological polar surface area (TPSA) is 99.1 Å². The predicted octanol–water partition coefficient (Wildman–Crippen LogP) is 1.59. The summed E-state index contributed by atoms with van der Waals surface area (Å²) in [6, 6.07) is 2.57. The van der Waals surface area contributed by atoms with Crippen molar-refractivity contribution in [2.75, 3.05) is 31.1 Å². The molecule has 0 bridgehead atoms. The highest BCUT2D eigenvalue weighted by atomic mass is 16.6. The van der Waals surface area contributed by atoms with Crippen LogP contribution in [0.5, 0.6) is 0 Å². The molecule has 5 rings (SSSR count). The Morgan fingerprint density at radius 1 is 1.00 bits per heavy atom. The molecule has 1 N–H and O–H groups in total. The Labute approximate surface area is 176 Å². The van der Waals surface area contributed by atoms with Gasteiger partial charge in [-0.2, -0.15) is 10.2 Å². The van der Waals surface area contributed by atoms with Crippen molar-refractivity contribution in [3.63, 3.8) is 0 Å². The van der Waals surface area contributed by atoms with E-state index in [1.54, 1.807) is 12.4 Å². The quantitative estimate of drug-likeness (QED) is 0.792. The zero-order valence-electron chi connectivity index (χ0n) is 17.1. The molecule has 0 radical (unpaired) electrons. The Kier molecular flexibility index (Phi) is 5.22. The SMILES string of the molecule is O=C(O)C1CCN(C2CCC3C2OC(=O)N3C2CCN(c3ccnnc3)CC2)CC1. The lowest BCUT2D eigenvalue weighted by molar-refractivity contribution is -0.143. The Morgan fingerprint density at radius 2 is 1.73 bits per heavy atom. The van der Waals surface area contributed by atoms with E-state index in [9.17, 15) is 14.7 Å². The lowest BCUT2D eigenvalue weighted by Gasteiger charge is -2.38. The summed E-state index contributed by atoms with van der Waals surface area (Å²) >= 11 is 0. The Hall–Kier alpha value is -2.42. The van der Waals surface area contributed by atoms with Crippen molar-refractivity contribution < 1.29 is 19.4 Å². The number of carbonyl (C=O) groups excluding carboxylic acids is 1. The maximum Gasteiger partial charge on any atom is 0.410 e. The van der Waals surface area contributed by atoms with Gasteiger partial charge in [-0.3, -0.25) is 14.6 Å². The molecule has 30 heavy (non-hydrogen) atoms. The molecule has 4 aliphatic rings. The van der Waals surface area contributed by atoms with Gasteiger partial charge in [0.1, 0.15) is 6.10 Å². The summed E-state index contributed by atoms with van der Waals surface area (Å²) in [4.78, 5) is 30.7. The minimum absolute atomic E-state index is 0.0821. The van der Waals surface area contributed by atoms with E-state index < -0.39 is 5.97 Å². The van der Waals surface area contributed by atoms with Crippen LogP contribution >= 0.6 is 0 Å². The van der Waals surface area contributed by atoms with Gasteiger partial charge in [-0.25, -0.2) is 4.79 Å². The van der Waals surface area contributed by atoms with E-state index in [0.717, 1.165) is 57.5 Å².